The third-order valence-corrected chi connectivity index (χ3v) is 4.44. The predicted octanol–water partition coefficient (Wildman–Crippen LogP) is 3.69. The molecular weight excluding hydrogens is 366 g/mol. The van der Waals surface area contributed by atoms with E-state index < -0.39 is 0 Å². The second-order valence-corrected chi connectivity index (χ2v) is 6.51. The van der Waals surface area contributed by atoms with Gasteiger partial charge in [0.1, 0.15) is 5.75 Å². The number of methoxy groups -OCH3 is 1. The van der Waals surface area contributed by atoms with Crippen molar-refractivity contribution < 1.29 is 19.1 Å². The molecule has 3 rings (SSSR count). The average Bonchev–Trinajstić information content (AvgIpc) is 2.78. The van der Waals surface area contributed by atoms with E-state index in [1.165, 1.54) is 7.11 Å². The highest BCUT2D eigenvalue weighted by molar-refractivity contribution is 5.78. The summed E-state index contributed by atoms with van der Waals surface area (Å²) in [6.45, 7) is -0.105. The van der Waals surface area contributed by atoms with Gasteiger partial charge in [0.05, 0.1) is 19.6 Å². The van der Waals surface area contributed by atoms with E-state index in [2.05, 4.69) is 10.1 Å². The first-order chi connectivity index (χ1) is 14.2. The minimum absolute atomic E-state index is 0.105. The van der Waals surface area contributed by atoms with Gasteiger partial charge in [-0.1, -0.05) is 72.8 Å². The fourth-order valence-corrected chi connectivity index (χ4v) is 2.94. The molecule has 0 saturated carbocycles. The predicted molar refractivity (Wildman–Crippen MR) is 111 cm³/mol. The van der Waals surface area contributed by atoms with Crippen molar-refractivity contribution >= 4 is 11.9 Å². The van der Waals surface area contributed by atoms with Gasteiger partial charge < -0.3 is 14.8 Å². The van der Waals surface area contributed by atoms with Crippen LogP contribution in [0.2, 0.25) is 0 Å². The van der Waals surface area contributed by atoms with Crippen LogP contribution >= 0.6 is 0 Å². The molecule has 3 aromatic rings. The van der Waals surface area contributed by atoms with Crippen molar-refractivity contribution in [1.29, 1.82) is 0 Å². The molecule has 1 N–H and O–H groups in total. The van der Waals surface area contributed by atoms with Gasteiger partial charge in [0.2, 0.25) is 0 Å². The Kier molecular flexibility index (Phi) is 7.00. The fraction of sp³-hybridized carbons (Fsp3) is 0.167. The van der Waals surface area contributed by atoms with Crippen LogP contribution in [0, 0.1) is 0 Å². The Morgan fingerprint density at radius 2 is 1.38 bits per heavy atom. The number of rotatable bonds is 8. The lowest BCUT2D eigenvalue weighted by atomic mass is 9.99. The van der Waals surface area contributed by atoms with Crippen molar-refractivity contribution in [2.45, 2.75) is 12.5 Å². The lowest BCUT2D eigenvalue weighted by Crippen LogP contribution is -2.33. The molecule has 0 saturated heterocycles. The summed E-state index contributed by atoms with van der Waals surface area (Å²) in [6.07, 6.45) is 0.201. The molecule has 0 aliphatic rings. The van der Waals surface area contributed by atoms with Gasteiger partial charge in [-0.2, -0.15) is 0 Å². The summed E-state index contributed by atoms with van der Waals surface area (Å²) < 4.78 is 10.2. The lowest BCUT2D eigenvalue weighted by molar-refractivity contribution is -0.139. The molecule has 29 heavy (non-hydrogen) atoms. The first-order valence-corrected chi connectivity index (χ1v) is 9.33. The van der Waals surface area contributed by atoms with Gasteiger partial charge >= 0.3 is 5.97 Å². The third kappa shape index (κ3) is 5.94. The Labute approximate surface area is 170 Å². The van der Waals surface area contributed by atoms with Crippen LogP contribution in [0.15, 0.2) is 84.9 Å². The highest BCUT2D eigenvalue weighted by Gasteiger charge is 2.16. The van der Waals surface area contributed by atoms with Crippen molar-refractivity contribution in [3.8, 4) is 5.75 Å². The standard InChI is InChI=1S/C24H23NO4/c1-28-23(27)16-18-12-14-21(15-13-18)29-17-22(26)25-24(19-8-4-2-5-9-19)20-10-6-3-7-11-20/h2-15,24H,16-17H2,1H3,(H,25,26). The third-order valence-electron chi connectivity index (χ3n) is 4.44. The summed E-state index contributed by atoms with van der Waals surface area (Å²) in [4.78, 5) is 23.8. The van der Waals surface area contributed by atoms with E-state index in [4.69, 9.17) is 4.74 Å². The molecule has 0 spiro atoms. The molecular formula is C24H23NO4. The molecule has 0 atom stereocenters. The summed E-state index contributed by atoms with van der Waals surface area (Å²) >= 11 is 0. The van der Waals surface area contributed by atoms with Crippen molar-refractivity contribution in [2.24, 2.45) is 0 Å². The normalized spacial score (nSPS) is 10.4. The number of hydrogen-bond donors (Lipinski definition) is 1. The first-order valence-electron chi connectivity index (χ1n) is 9.33. The highest BCUT2D eigenvalue weighted by atomic mass is 16.5. The molecule has 0 bridgehead atoms. The Morgan fingerprint density at radius 1 is 0.828 bits per heavy atom. The number of hydrogen-bond acceptors (Lipinski definition) is 4. The van der Waals surface area contributed by atoms with Crippen LogP contribution in [0.1, 0.15) is 22.7 Å². The summed E-state index contributed by atoms with van der Waals surface area (Å²) in [5, 5.41) is 3.04. The quantitative estimate of drug-likeness (QED) is 0.597. The van der Waals surface area contributed by atoms with Gasteiger partial charge in [-0.25, -0.2) is 0 Å². The van der Waals surface area contributed by atoms with E-state index >= 15 is 0 Å². The van der Waals surface area contributed by atoms with Crippen molar-refractivity contribution in [2.75, 3.05) is 13.7 Å². The van der Waals surface area contributed by atoms with E-state index in [0.717, 1.165) is 16.7 Å². The minimum Gasteiger partial charge on any atom is -0.484 e. The molecule has 1 amide bonds. The summed E-state index contributed by atoms with van der Waals surface area (Å²) in [7, 11) is 1.36. The van der Waals surface area contributed by atoms with Crippen LogP contribution in [-0.4, -0.2) is 25.6 Å². The smallest absolute Gasteiger partial charge is 0.309 e. The van der Waals surface area contributed by atoms with Crippen molar-refractivity contribution in [3.05, 3.63) is 102 Å². The Bertz CT molecular complexity index is 885. The maximum Gasteiger partial charge on any atom is 0.309 e. The average molecular weight is 389 g/mol. The van der Waals surface area contributed by atoms with E-state index in [-0.39, 0.29) is 30.9 Å². The zero-order valence-corrected chi connectivity index (χ0v) is 16.2. The number of esters is 1. The van der Waals surface area contributed by atoms with Crippen LogP contribution in [0.25, 0.3) is 0 Å². The van der Waals surface area contributed by atoms with Crippen molar-refractivity contribution in [1.82, 2.24) is 5.32 Å². The van der Waals surface area contributed by atoms with E-state index in [9.17, 15) is 9.59 Å². The molecule has 0 heterocycles. The second-order valence-electron chi connectivity index (χ2n) is 6.51. The Balaban J connectivity index is 1.61. The minimum atomic E-state index is -0.300. The molecule has 0 fully saturated rings. The first kappa shape index (κ1) is 20.1. The van der Waals surface area contributed by atoms with Crippen LogP contribution < -0.4 is 10.1 Å². The number of benzene rings is 3. The Morgan fingerprint density at radius 3 is 1.90 bits per heavy atom. The molecule has 148 valence electrons. The summed E-state index contributed by atoms with van der Waals surface area (Å²) in [5.41, 5.74) is 2.82. The van der Waals surface area contributed by atoms with Gasteiger partial charge in [0, 0.05) is 0 Å². The molecule has 0 aliphatic carbocycles. The lowest BCUT2D eigenvalue weighted by Gasteiger charge is -2.20. The van der Waals surface area contributed by atoms with Crippen LogP contribution in [0.4, 0.5) is 0 Å². The zero-order chi connectivity index (χ0) is 20.5. The van der Waals surface area contributed by atoms with Crippen LogP contribution in [0.3, 0.4) is 0 Å². The maximum absolute atomic E-state index is 12.5. The van der Waals surface area contributed by atoms with E-state index in [0.29, 0.717) is 5.75 Å². The van der Waals surface area contributed by atoms with Gasteiger partial charge in [-0.05, 0) is 28.8 Å². The van der Waals surface area contributed by atoms with Crippen LogP contribution in [0.5, 0.6) is 5.75 Å². The zero-order valence-electron chi connectivity index (χ0n) is 16.2. The van der Waals surface area contributed by atoms with Crippen molar-refractivity contribution in [3.63, 3.8) is 0 Å². The Hall–Kier alpha value is -3.60. The molecule has 0 unspecified atom stereocenters. The topological polar surface area (TPSA) is 64.6 Å². The number of amides is 1. The second kappa shape index (κ2) is 10.1. The monoisotopic (exact) mass is 389 g/mol. The van der Waals surface area contributed by atoms with E-state index in [1.54, 1.807) is 24.3 Å². The maximum atomic E-state index is 12.5. The molecule has 3 aromatic carbocycles. The SMILES string of the molecule is COC(=O)Cc1ccc(OCC(=O)NC(c2ccccc2)c2ccccc2)cc1. The molecule has 0 radical (unpaired) electrons. The van der Waals surface area contributed by atoms with Gasteiger partial charge in [-0.3, -0.25) is 9.59 Å². The van der Waals surface area contributed by atoms with Gasteiger partial charge in [-0.15, -0.1) is 0 Å². The number of carbonyl (C=O) groups is 2. The molecule has 5 nitrogen and oxygen atoms in total. The number of ether oxygens (including phenoxy) is 2. The van der Waals surface area contributed by atoms with Crippen LogP contribution in [-0.2, 0) is 20.7 Å². The highest BCUT2D eigenvalue weighted by Crippen LogP contribution is 2.21. The van der Waals surface area contributed by atoms with Gasteiger partial charge in [0.15, 0.2) is 6.61 Å². The van der Waals surface area contributed by atoms with Gasteiger partial charge in [0.25, 0.3) is 5.91 Å². The fourth-order valence-electron chi connectivity index (χ4n) is 2.94. The molecule has 5 heteroatoms. The number of nitrogens with one attached hydrogen (secondary N) is 1. The number of carbonyl (C=O) groups excluding carboxylic acids is 2. The molecule has 0 aliphatic heterocycles. The van der Waals surface area contributed by atoms with E-state index in [1.807, 2.05) is 60.7 Å². The summed E-state index contributed by atoms with van der Waals surface area (Å²) in [5.74, 6) is 0.0389. The largest absolute Gasteiger partial charge is 0.484 e. The summed E-state index contributed by atoms with van der Waals surface area (Å²) in [6, 6.07) is 26.4. The molecule has 0 aromatic heterocycles.